The lowest BCUT2D eigenvalue weighted by Crippen LogP contribution is -2.26. The number of carbonyl (C=O) groups excluding carboxylic acids is 1. The van der Waals surface area contributed by atoms with E-state index in [0.29, 0.717) is 5.56 Å². The lowest BCUT2D eigenvalue weighted by atomic mass is 10.0. The number of amides is 1. The third-order valence-electron chi connectivity index (χ3n) is 3.72. The Kier molecular flexibility index (Phi) is 4.56. The Morgan fingerprint density at radius 1 is 1.09 bits per heavy atom. The van der Waals surface area contributed by atoms with E-state index in [1.807, 2.05) is 32.9 Å². The maximum Gasteiger partial charge on any atom is 0.269 e. The smallest absolute Gasteiger partial charge is 0.269 e. The molecule has 2 aromatic carbocycles. The Bertz CT molecular complexity index is 708. The van der Waals surface area contributed by atoms with Crippen molar-refractivity contribution in [1.29, 1.82) is 0 Å². The maximum absolute atomic E-state index is 12.2. The van der Waals surface area contributed by atoms with Crippen molar-refractivity contribution in [3.8, 4) is 0 Å². The van der Waals surface area contributed by atoms with E-state index < -0.39 is 4.92 Å². The summed E-state index contributed by atoms with van der Waals surface area (Å²) >= 11 is 0. The van der Waals surface area contributed by atoms with Crippen molar-refractivity contribution in [3.63, 3.8) is 0 Å². The number of nitro groups is 1. The van der Waals surface area contributed by atoms with Gasteiger partial charge >= 0.3 is 0 Å². The molecule has 0 aliphatic rings. The van der Waals surface area contributed by atoms with E-state index in [0.717, 1.165) is 5.56 Å². The summed E-state index contributed by atoms with van der Waals surface area (Å²) in [5, 5.41) is 13.5. The number of non-ortho nitro benzene ring substituents is 1. The van der Waals surface area contributed by atoms with Crippen LogP contribution in [0.25, 0.3) is 0 Å². The van der Waals surface area contributed by atoms with Crippen molar-refractivity contribution in [2.75, 3.05) is 0 Å². The first-order chi connectivity index (χ1) is 10.4. The van der Waals surface area contributed by atoms with E-state index in [1.54, 1.807) is 0 Å². The van der Waals surface area contributed by atoms with Crippen LogP contribution < -0.4 is 5.32 Å². The van der Waals surface area contributed by atoms with Crippen LogP contribution in [0.5, 0.6) is 0 Å². The molecule has 0 heterocycles. The van der Waals surface area contributed by atoms with Gasteiger partial charge in [0.05, 0.1) is 11.0 Å². The molecule has 0 bridgehead atoms. The number of nitrogens with one attached hydrogen (secondary N) is 1. The number of carbonyl (C=O) groups is 1. The Hall–Kier alpha value is -2.69. The minimum Gasteiger partial charge on any atom is -0.346 e. The first kappa shape index (κ1) is 15.7. The number of nitrogens with zero attached hydrogens (tertiary/aromatic N) is 1. The Morgan fingerprint density at radius 3 is 2.27 bits per heavy atom. The molecular formula is C17H18N2O3. The quantitative estimate of drug-likeness (QED) is 0.691. The number of hydrogen-bond donors (Lipinski definition) is 1. The van der Waals surface area contributed by atoms with Crippen molar-refractivity contribution in [2.24, 2.45) is 0 Å². The van der Waals surface area contributed by atoms with Gasteiger partial charge in [-0.2, -0.15) is 0 Å². The molecule has 5 nitrogen and oxygen atoms in total. The molecule has 0 spiro atoms. The minimum absolute atomic E-state index is 0.0289. The fraction of sp³-hybridized carbons (Fsp3) is 0.235. The van der Waals surface area contributed by atoms with Crippen molar-refractivity contribution in [1.82, 2.24) is 5.32 Å². The van der Waals surface area contributed by atoms with Gasteiger partial charge in [0.25, 0.3) is 11.6 Å². The molecule has 0 aliphatic carbocycles. The number of nitro benzene ring substituents is 1. The van der Waals surface area contributed by atoms with Gasteiger partial charge in [-0.1, -0.05) is 18.2 Å². The van der Waals surface area contributed by atoms with Crippen LogP contribution in [0.4, 0.5) is 5.69 Å². The van der Waals surface area contributed by atoms with Gasteiger partial charge < -0.3 is 5.32 Å². The van der Waals surface area contributed by atoms with E-state index in [9.17, 15) is 14.9 Å². The number of rotatable bonds is 4. The molecule has 1 N–H and O–H groups in total. The third kappa shape index (κ3) is 3.49. The molecule has 5 heteroatoms. The molecule has 0 aliphatic heterocycles. The number of benzene rings is 2. The zero-order valence-corrected chi connectivity index (χ0v) is 12.8. The van der Waals surface area contributed by atoms with Crippen LogP contribution in [0.2, 0.25) is 0 Å². The molecule has 1 atom stereocenters. The van der Waals surface area contributed by atoms with Crippen molar-refractivity contribution >= 4 is 11.6 Å². The first-order valence-corrected chi connectivity index (χ1v) is 7.01. The molecule has 114 valence electrons. The van der Waals surface area contributed by atoms with Gasteiger partial charge in [-0.3, -0.25) is 14.9 Å². The average Bonchev–Trinajstić information content (AvgIpc) is 2.50. The van der Waals surface area contributed by atoms with Crippen LogP contribution in [-0.4, -0.2) is 10.8 Å². The Morgan fingerprint density at radius 2 is 1.73 bits per heavy atom. The molecule has 2 rings (SSSR count). The van der Waals surface area contributed by atoms with Crippen molar-refractivity contribution in [3.05, 3.63) is 74.8 Å². The molecule has 22 heavy (non-hydrogen) atoms. The molecule has 0 saturated carbocycles. The summed E-state index contributed by atoms with van der Waals surface area (Å²) in [4.78, 5) is 22.3. The second-order valence-electron chi connectivity index (χ2n) is 5.34. The lowest BCUT2D eigenvalue weighted by molar-refractivity contribution is -0.384. The van der Waals surface area contributed by atoms with Gasteiger partial charge in [0.15, 0.2) is 0 Å². The van der Waals surface area contributed by atoms with Gasteiger partial charge in [-0.05, 0) is 49.6 Å². The molecule has 0 fully saturated rings. The van der Waals surface area contributed by atoms with Crippen LogP contribution in [0.3, 0.4) is 0 Å². The molecule has 0 unspecified atom stereocenters. The summed E-state index contributed by atoms with van der Waals surface area (Å²) in [6.45, 7) is 5.98. The van der Waals surface area contributed by atoms with Crippen LogP contribution in [0.15, 0.2) is 42.5 Å². The van der Waals surface area contributed by atoms with Crippen LogP contribution >= 0.6 is 0 Å². The van der Waals surface area contributed by atoms with E-state index in [1.165, 1.54) is 35.4 Å². The third-order valence-corrected chi connectivity index (χ3v) is 3.72. The first-order valence-electron chi connectivity index (χ1n) is 7.01. The zero-order valence-electron chi connectivity index (χ0n) is 12.8. The highest BCUT2D eigenvalue weighted by Crippen LogP contribution is 2.18. The topological polar surface area (TPSA) is 72.2 Å². The predicted molar refractivity (Wildman–Crippen MR) is 84.9 cm³/mol. The molecule has 0 aromatic heterocycles. The summed E-state index contributed by atoms with van der Waals surface area (Å²) in [5.41, 5.74) is 3.78. The van der Waals surface area contributed by atoms with Gasteiger partial charge in [-0.15, -0.1) is 0 Å². The van der Waals surface area contributed by atoms with Crippen LogP contribution in [0.1, 0.15) is 40.0 Å². The predicted octanol–water partition coefficient (Wildman–Crippen LogP) is 3.70. The van der Waals surface area contributed by atoms with E-state index in [4.69, 9.17) is 0 Å². The van der Waals surface area contributed by atoms with Gasteiger partial charge in [0, 0.05) is 17.7 Å². The average molecular weight is 298 g/mol. The SMILES string of the molecule is Cc1ccc([C@H](C)NC(=O)c2ccc([N+](=O)[O-])cc2)cc1C. The van der Waals surface area contributed by atoms with Crippen LogP contribution in [0, 0.1) is 24.0 Å². The summed E-state index contributed by atoms with van der Waals surface area (Å²) in [6, 6.07) is 11.5. The summed E-state index contributed by atoms with van der Waals surface area (Å²) in [5.74, 6) is -0.249. The monoisotopic (exact) mass is 298 g/mol. The summed E-state index contributed by atoms with van der Waals surface area (Å²) in [6.07, 6.45) is 0. The molecular weight excluding hydrogens is 280 g/mol. The fourth-order valence-corrected chi connectivity index (χ4v) is 2.13. The normalized spacial score (nSPS) is 11.8. The van der Waals surface area contributed by atoms with Gasteiger partial charge in [0.2, 0.25) is 0 Å². The second kappa shape index (κ2) is 6.39. The highest BCUT2D eigenvalue weighted by molar-refractivity contribution is 5.94. The standard InChI is InChI=1S/C17H18N2O3/c1-11-4-5-15(10-12(11)2)13(3)18-17(20)14-6-8-16(9-7-14)19(21)22/h4-10,13H,1-3H3,(H,18,20)/t13-/m0/s1. The highest BCUT2D eigenvalue weighted by Gasteiger charge is 2.13. The largest absolute Gasteiger partial charge is 0.346 e. The maximum atomic E-state index is 12.2. The molecule has 1 amide bonds. The summed E-state index contributed by atoms with van der Waals surface area (Å²) < 4.78 is 0. The molecule has 0 radical (unpaired) electrons. The van der Waals surface area contributed by atoms with Crippen molar-refractivity contribution < 1.29 is 9.72 Å². The zero-order chi connectivity index (χ0) is 16.3. The van der Waals surface area contributed by atoms with E-state index in [2.05, 4.69) is 11.4 Å². The van der Waals surface area contributed by atoms with Crippen molar-refractivity contribution in [2.45, 2.75) is 26.8 Å². The second-order valence-corrected chi connectivity index (χ2v) is 5.34. The lowest BCUT2D eigenvalue weighted by Gasteiger charge is -2.15. The summed E-state index contributed by atoms with van der Waals surface area (Å²) in [7, 11) is 0. The number of hydrogen-bond acceptors (Lipinski definition) is 3. The fourth-order valence-electron chi connectivity index (χ4n) is 2.13. The molecule has 2 aromatic rings. The van der Waals surface area contributed by atoms with E-state index in [-0.39, 0.29) is 17.6 Å². The van der Waals surface area contributed by atoms with Gasteiger partial charge in [0.1, 0.15) is 0 Å². The Balaban J connectivity index is 2.10. The van der Waals surface area contributed by atoms with Crippen LogP contribution in [-0.2, 0) is 0 Å². The Labute approximate surface area is 129 Å². The molecule has 0 saturated heterocycles. The minimum atomic E-state index is -0.487. The highest BCUT2D eigenvalue weighted by atomic mass is 16.6. The van der Waals surface area contributed by atoms with Gasteiger partial charge in [-0.25, -0.2) is 0 Å². The number of aryl methyl sites for hydroxylation is 2. The van der Waals surface area contributed by atoms with E-state index >= 15 is 0 Å².